The molecule has 1 aliphatic heterocycles. The molecule has 1 aromatic heterocycles. The number of amides is 1. The van der Waals surface area contributed by atoms with Gasteiger partial charge in [-0.15, -0.1) is 0 Å². The number of carbonyl (C=O) groups is 1. The van der Waals surface area contributed by atoms with Gasteiger partial charge in [-0.05, 0) is 38.7 Å². The average Bonchev–Trinajstić information content (AvgIpc) is 2.46. The monoisotopic (exact) mass is 277 g/mol. The largest absolute Gasteiger partial charge is 0.335 e. The Balaban J connectivity index is 2.19. The molecule has 1 unspecified atom stereocenters. The highest BCUT2D eigenvalue weighted by Crippen LogP contribution is 2.18. The molecule has 2 rings (SSSR count). The summed E-state index contributed by atoms with van der Waals surface area (Å²) < 4.78 is 1.41. The molecule has 0 aromatic carbocycles. The number of rotatable bonds is 4. The smallest absolute Gasteiger partial charge is 0.274 e. The Morgan fingerprint density at radius 3 is 2.90 bits per heavy atom. The molecule has 0 spiro atoms. The van der Waals surface area contributed by atoms with Crippen molar-refractivity contribution in [3.63, 3.8) is 0 Å². The number of likely N-dealkylation sites (tertiary alicyclic amines) is 1. The minimum atomic E-state index is -0.137. The van der Waals surface area contributed by atoms with Crippen LogP contribution in [0.4, 0.5) is 0 Å². The van der Waals surface area contributed by atoms with Crippen LogP contribution in [0.5, 0.6) is 0 Å². The number of hydrogen-bond donors (Lipinski definition) is 0. The summed E-state index contributed by atoms with van der Waals surface area (Å²) in [5.74, 6) is -0.0533. The summed E-state index contributed by atoms with van der Waals surface area (Å²) in [7, 11) is 0. The molecule has 1 saturated heterocycles. The molecule has 0 bridgehead atoms. The Bertz CT molecular complexity index is 524. The lowest BCUT2D eigenvalue weighted by Crippen LogP contribution is -2.43. The molecule has 110 valence electrons. The molecule has 5 nitrogen and oxygen atoms in total. The number of nitrogens with zero attached hydrogens (tertiary/aromatic N) is 3. The second-order valence-corrected chi connectivity index (χ2v) is 5.48. The van der Waals surface area contributed by atoms with Crippen LogP contribution < -0.4 is 5.56 Å². The predicted molar refractivity (Wildman–Crippen MR) is 77.8 cm³/mol. The van der Waals surface area contributed by atoms with Crippen molar-refractivity contribution < 1.29 is 4.79 Å². The molecular weight excluding hydrogens is 254 g/mol. The fourth-order valence-electron chi connectivity index (χ4n) is 2.58. The summed E-state index contributed by atoms with van der Waals surface area (Å²) >= 11 is 0. The highest BCUT2D eigenvalue weighted by molar-refractivity contribution is 5.92. The maximum absolute atomic E-state index is 12.5. The Morgan fingerprint density at radius 1 is 1.40 bits per heavy atom. The van der Waals surface area contributed by atoms with E-state index < -0.39 is 0 Å². The standard InChI is InChI=1S/C15H23N3O2/c1-3-4-11-18-14(19)9-8-13(16-18)15(20)17-10-6-5-7-12(17)2/h8-9,12H,3-7,10-11H2,1-2H3. The van der Waals surface area contributed by atoms with E-state index in [9.17, 15) is 9.59 Å². The number of piperidine rings is 1. The van der Waals surface area contributed by atoms with E-state index in [2.05, 4.69) is 18.9 Å². The molecule has 1 aliphatic rings. The van der Waals surface area contributed by atoms with E-state index in [-0.39, 0.29) is 17.5 Å². The molecule has 0 radical (unpaired) electrons. The van der Waals surface area contributed by atoms with Gasteiger partial charge in [-0.3, -0.25) is 9.59 Å². The van der Waals surface area contributed by atoms with Gasteiger partial charge in [-0.25, -0.2) is 4.68 Å². The topological polar surface area (TPSA) is 55.2 Å². The number of unbranched alkanes of at least 4 members (excludes halogenated alkanes) is 1. The summed E-state index contributed by atoms with van der Waals surface area (Å²) in [5.41, 5.74) is 0.246. The van der Waals surface area contributed by atoms with E-state index in [1.54, 1.807) is 6.07 Å². The van der Waals surface area contributed by atoms with Crippen LogP contribution in [0.3, 0.4) is 0 Å². The molecule has 0 saturated carbocycles. The minimum absolute atomic E-state index is 0.0533. The van der Waals surface area contributed by atoms with Gasteiger partial charge in [0.2, 0.25) is 0 Å². The highest BCUT2D eigenvalue weighted by atomic mass is 16.2. The molecular formula is C15H23N3O2. The second-order valence-electron chi connectivity index (χ2n) is 5.48. The Labute approximate surface area is 119 Å². The van der Waals surface area contributed by atoms with Gasteiger partial charge in [-0.1, -0.05) is 13.3 Å². The van der Waals surface area contributed by atoms with Crippen molar-refractivity contribution in [3.8, 4) is 0 Å². The lowest BCUT2D eigenvalue weighted by molar-refractivity contribution is 0.0626. The third-order valence-corrected chi connectivity index (χ3v) is 3.87. The third-order valence-electron chi connectivity index (χ3n) is 3.87. The molecule has 0 N–H and O–H groups in total. The maximum atomic E-state index is 12.5. The van der Waals surface area contributed by atoms with Crippen molar-refractivity contribution in [3.05, 3.63) is 28.2 Å². The number of aryl methyl sites for hydroxylation is 1. The van der Waals surface area contributed by atoms with Crippen LogP contribution in [0.25, 0.3) is 0 Å². The Morgan fingerprint density at radius 2 is 2.20 bits per heavy atom. The number of carbonyl (C=O) groups excluding carboxylic acids is 1. The lowest BCUT2D eigenvalue weighted by Gasteiger charge is -2.33. The van der Waals surface area contributed by atoms with Gasteiger partial charge >= 0.3 is 0 Å². The zero-order valence-electron chi connectivity index (χ0n) is 12.3. The van der Waals surface area contributed by atoms with Gasteiger partial charge in [0.25, 0.3) is 11.5 Å². The lowest BCUT2D eigenvalue weighted by atomic mass is 10.0. The van der Waals surface area contributed by atoms with Gasteiger partial charge < -0.3 is 4.90 Å². The first-order valence-electron chi connectivity index (χ1n) is 7.52. The van der Waals surface area contributed by atoms with Crippen molar-refractivity contribution >= 4 is 5.91 Å². The van der Waals surface area contributed by atoms with Gasteiger partial charge in [0, 0.05) is 25.2 Å². The van der Waals surface area contributed by atoms with Crippen LogP contribution in [-0.2, 0) is 6.54 Å². The van der Waals surface area contributed by atoms with Crippen LogP contribution in [-0.4, -0.2) is 33.2 Å². The van der Waals surface area contributed by atoms with Crippen LogP contribution in [0.1, 0.15) is 56.4 Å². The van der Waals surface area contributed by atoms with E-state index in [0.29, 0.717) is 12.2 Å². The molecule has 1 amide bonds. The Kier molecular flexibility index (Phi) is 4.93. The van der Waals surface area contributed by atoms with Crippen molar-refractivity contribution in [1.82, 2.24) is 14.7 Å². The normalized spacial score (nSPS) is 19.1. The van der Waals surface area contributed by atoms with E-state index in [4.69, 9.17) is 0 Å². The number of hydrogen-bond acceptors (Lipinski definition) is 3. The first kappa shape index (κ1) is 14.8. The SMILES string of the molecule is CCCCn1nc(C(=O)N2CCCCC2C)ccc1=O. The predicted octanol–water partition coefficient (Wildman–Crippen LogP) is 2.06. The van der Waals surface area contributed by atoms with E-state index in [1.165, 1.54) is 17.2 Å². The molecule has 0 aliphatic carbocycles. The Hall–Kier alpha value is -1.65. The van der Waals surface area contributed by atoms with Crippen molar-refractivity contribution in [2.24, 2.45) is 0 Å². The average molecular weight is 277 g/mol. The molecule has 2 heterocycles. The second kappa shape index (κ2) is 6.68. The third kappa shape index (κ3) is 3.26. The maximum Gasteiger partial charge on any atom is 0.274 e. The molecule has 5 heteroatoms. The van der Waals surface area contributed by atoms with Gasteiger partial charge in [0.1, 0.15) is 5.69 Å². The molecule has 1 fully saturated rings. The molecule has 1 atom stereocenters. The van der Waals surface area contributed by atoms with E-state index >= 15 is 0 Å². The van der Waals surface area contributed by atoms with Crippen LogP contribution in [0.2, 0.25) is 0 Å². The first-order valence-corrected chi connectivity index (χ1v) is 7.52. The van der Waals surface area contributed by atoms with Gasteiger partial charge in [0.05, 0.1) is 0 Å². The van der Waals surface area contributed by atoms with Crippen LogP contribution >= 0.6 is 0 Å². The summed E-state index contributed by atoms with van der Waals surface area (Å²) in [6.07, 6.45) is 5.15. The van der Waals surface area contributed by atoms with E-state index in [0.717, 1.165) is 32.2 Å². The van der Waals surface area contributed by atoms with Gasteiger partial charge in [-0.2, -0.15) is 5.10 Å². The summed E-state index contributed by atoms with van der Waals surface area (Å²) in [6.45, 7) is 5.50. The van der Waals surface area contributed by atoms with Crippen molar-refractivity contribution in [2.75, 3.05) is 6.54 Å². The van der Waals surface area contributed by atoms with Crippen molar-refractivity contribution in [1.29, 1.82) is 0 Å². The summed E-state index contributed by atoms with van der Waals surface area (Å²) in [6, 6.07) is 3.26. The fourth-order valence-corrected chi connectivity index (χ4v) is 2.58. The zero-order valence-corrected chi connectivity index (χ0v) is 12.3. The zero-order chi connectivity index (χ0) is 14.5. The van der Waals surface area contributed by atoms with Crippen LogP contribution in [0.15, 0.2) is 16.9 Å². The summed E-state index contributed by atoms with van der Waals surface area (Å²) in [4.78, 5) is 26.1. The van der Waals surface area contributed by atoms with Crippen molar-refractivity contribution in [2.45, 2.75) is 58.5 Å². The van der Waals surface area contributed by atoms with Gasteiger partial charge in [0.15, 0.2) is 0 Å². The highest BCUT2D eigenvalue weighted by Gasteiger charge is 2.25. The van der Waals surface area contributed by atoms with E-state index in [1.807, 2.05) is 4.90 Å². The van der Waals surface area contributed by atoms with Crippen LogP contribution in [0, 0.1) is 0 Å². The molecule has 1 aromatic rings. The number of aromatic nitrogens is 2. The minimum Gasteiger partial charge on any atom is -0.335 e. The summed E-state index contributed by atoms with van der Waals surface area (Å²) in [5, 5.41) is 4.23. The first-order chi connectivity index (χ1) is 9.63. The molecule has 20 heavy (non-hydrogen) atoms. The quantitative estimate of drug-likeness (QED) is 0.846. The fraction of sp³-hybridized carbons (Fsp3) is 0.667.